The first kappa shape index (κ1) is 7.32. The first-order valence-electron chi connectivity index (χ1n) is 3.41. The smallest absolute Gasteiger partial charge is 0.115 e. The van der Waals surface area contributed by atoms with Crippen molar-refractivity contribution in [2.45, 2.75) is 19.8 Å². The van der Waals surface area contributed by atoms with Crippen LogP contribution in [-0.4, -0.2) is 12.8 Å². The Kier molecular flexibility index (Phi) is 2.10. The first-order valence-corrected chi connectivity index (χ1v) is 3.41. The van der Waals surface area contributed by atoms with Crippen LogP contribution in [0.1, 0.15) is 25.5 Å². The van der Waals surface area contributed by atoms with Crippen molar-refractivity contribution in [3.63, 3.8) is 0 Å². The number of hydrogen-bond acceptors (Lipinski definition) is 1. The molecule has 1 rings (SSSR count). The van der Waals surface area contributed by atoms with Gasteiger partial charge in [0, 0.05) is 11.9 Å². The van der Waals surface area contributed by atoms with E-state index in [1.165, 1.54) is 0 Å². The minimum atomic E-state index is 0.487. The lowest BCUT2D eigenvalue weighted by atomic mass is 9.97. The summed E-state index contributed by atoms with van der Waals surface area (Å²) in [5.41, 5.74) is 1.82. The van der Waals surface area contributed by atoms with E-state index in [-0.39, 0.29) is 0 Å². The second kappa shape index (κ2) is 2.87. The maximum absolute atomic E-state index is 5.46. The van der Waals surface area contributed by atoms with Crippen LogP contribution in [0.15, 0.2) is 18.3 Å². The van der Waals surface area contributed by atoms with Gasteiger partial charge < -0.3 is 0 Å². The molecule has 0 N–H and O–H groups in total. The molecule has 0 spiro atoms. The summed E-state index contributed by atoms with van der Waals surface area (Å²) in [6, 6.07) is 3.84. The van der Waals surface area contributed by atoms with E-state index in [0.29, 0.717) is 5.92 Å². The lowest BCUT2D eigenvalue weighted by Crippen LogP contribution is -2.04. The highest BCUT2D eigenvalue weighted by atomic mass is 14.7. The molecule has 0 amide bonds. The Labute approximate surface area is 62.9 Å². The fraction of sp³-hybridized carbons (Fsp3) is 0.375. The van der Waals surface area contributed by atoms with Crippen LogP contribution < -0.4 is 5.46 Å². The molecule has 50 valence electrons. The molecule has 0 saturated heterocycles. The summed E-state index contributed by atoms with van der Waals surface area (Å²) in [4.78, 5) is 4.15. The summed E-state index contributed by atoms with van der Waals surface area (Å²) in [6.07, 6.45) is 1.69. The third-order valence-electron chi connectivity index (χ3n) is 1.40. The molecule has 0 atom stereocenters. The molecule has 0 aliphatic rings. The van der Waals surface area contributed by atoms with E-state index in [1.54, 1.807) is 6.20 Å². The minimum absolute atomic E-state index is 0.487. The van der Waals surface area contributed by atoms with Crippen molar-refractivity contribution >= 4 is 13.3 Å². The van der Waals surface area contributed by atoms with Crippen molar-refractivity contribution < 1.29 is 0 Å². The second-order valence-corrected chi connectivity index (χ2v) is 2.67. The van der Waals surface area contributed by atoms with E-state index in [2.05, 4.69) is 18.8 Å². The summed E-state index contributed by atoms with van der Waals surface area (Å²) in [5, 5.41) is 0. The van der Waals surface area contributed by atoms with Crippen LogP contribution >= 0.6 is 0 Å². The zero-order chi connectivity index (χ0) is 7.56. The Balaban J connectivity index is 2.89. The molecule has 0 bridgehead atoms. The van der Waals surface area contributed by atoms with Gasteiger partial charge in [-0.1, -0.05) is 25.4 Å². The van der Waals surface area contributed by atoms with Crippen LogP contribution in [0.3, 0.4) is 0 Å². The van der Waals surface area contributed by atoms with Gasteiger partial charge >= 0.3 is 0 Å². The molecule has 0 unspecified atom stereocenters. The van der Waals surface area contributed by atoms with Gasteiger partial charge in [-0.25, -0.2) is 0 Å². The maximum Gasteiger partial charge on any atom is 0.115 e. The van der Waals surface area contributed by atoms with E-state index in [1.807, 2.05) is 12.1 Å². The molecule has 1 nitrogen and oxygen atoms in total. The van der Waals surface area contributed by atoms with Crippen LogP contribution in [-0.2, 0) is 0 Å². The summed E-state index contributed by atoms with van der Waals surface area (Å²) in [6.45, 7) is 4.22. The average Bonchev–Trinajstić information content (AvgIpc) is 1.88. The highest BCUT2D eigenvalue weighted by molar-refractivity contribution is 6.31. The molecular weight excluding hydrogens is 121 g/mol. The molecule has 10 heavy (non-hydrogen) atoms. The van der Waals surface area contributed by atoms with Crippen molar-refractivity contribution in [2.75, 3.05) is 0 Å². The SMILES string of the molecule is [B]c1ccc(C(C)C)nc1. The van der Waals surface area contributed by atoms with Crippen molar-refractivity contribution in [2.24, 2.45) is 0 Å². The number of pyridine rings is 1. The van der Waals surface area contributed by atoms with Crippen molar-refractivity contribution in [3.05, 3.63) is 24.0 Å². The van der Waals surface area contributed by atoms with E-state index < -0.39 is 0 Å². The van der Waals surface area contributed by atoms with Gasteiger partial charge in [0.2, 0.25) is 0 Å². The van der Waals surface area contributed by atoms with E-state index in [0.717, 1.165) is 11.2 Å². The standard InChI is InChI=1S/C8H10BN/c1-6(2)8-4-3-7(9)5-10-8/h3-6H,1-2H3. The topological polar surface area (TPSA) is 12.9 Å². The quantitative estimate of drug-likeness (QED) is 0.518. The van der Waals surface area contributed by atoms with E-state index >= 15 is 0 Å². The van der Waals surface area contributed by atoms with Crippen molar-refractivity contribution in [1.29, 1.82) is 0 Å². The zero-order valence-electron chi connectivity index (χ0n) is 6.33. The van der Waals surface area contributed by atoms with Gasteiger partial charge in [0.1, 0.15) is 7.85 Å². The highest BCUT2D eigenvalue weighted by Gasteiger charge is 1.97. The van der Waals surface area contributed by atoms with E-state index in [9.17, 15) is 0 Å². The fourth-order valence-electron chi connectivity index (χ4n) is 0.758. The molecule has 1 aromatic rings. The summed E-state index contributed by atoms with van der Waals surface area (Å²) >= 11 is 0. The normalized spacial score (nSPS) is 10.3. The van der Waals surface area contributed by atoms with Crippen molar-refractivity contribution in [1.82, 2.24) is 4.98 Å². The van der Waals surface area contributed by atoms with Crippen LogP contribution in [0, 0.1) is 0 Å². The summed E-state index contributed by atoms with van der Waals surface area (Å²) in [7, 11) is 5.46. The predicted octanol–water partition coefficient (Wildman–Crippen LogP) is 0.999. The average molecular weight is 131 g/mol. The fourth-order valence-corrected chi connectivity index (χ4v) is 0.758. The molecule has 0 aliphatic carbocycles. The summed E-state index contributed by atoms with van der Waals surface area (Å²) < 4.78 is 0. The third-order valence-corrected chi connectivity index (χ3v) is 1.40. The largest absolute Gasteiger partial charge is 0.262 e. The lowest BCUT2D eigenvalue weighted by Gasteiger charge is -2.02. The monoisotopic (exact) mass is 131 g/mol. The highest BCUT2D eigenvalue weighted by Crippen LogP contribution is 2.07. The Morgan fingerprint density at radius 1 is 1.40 bits per heavy atom. The maximum atomic E-state index is 5.46. The van der Waals surface area contributed by atoms with Gasteiger partial charge in [-0.05, 0) is 12.0 Å². The van der Waals surface area contributed by atoms with Crippen LogP contribution in [0.4, 0.5) is 0 Å². The Bertz CT molecular complexity index is 203. The number of aromatic nitrogens is 1. The summed E-state index contributed by atoms with van der Waals surface area (Å²) in [5.74, 6) is 0.487. The molecule has 0 fully saturated rings. The molecule has 0 aliphatic heterocycles. The molecule has 2 heteroatoms. The Morgan fingerprint density at radius 3 is 2.50 bits per heavy atom. The van der Waals surface area contributed by atoms with E-state index in [4.69, 9.17) is 7.85 Å². The molecule has 0 aromatic carbocycles. The molecule has 1 aromatic heterocycles. The second-order valence-electron chi connectivity index (χ2n) is 2.67. The zero-order valence-corrected chi connectivity index (χ0v) is 6.33. The van der Waals surface area contributed by atoms with Crippen LogP contribution in [0.5, 0.6) is 0 Å². The molecule has 2 radical (unpaired) electrons. The molecule has 1 heterocycles. The molecular formula is C8H10BN. The number of rotatable bonds is 1. The van der Waals surface area contributed by atoms with Gasteiger partial charge in [0.15, 0.2) is 0 Å². The van der Waals surface area contributed by atoms with Gasteiger partial charge in [0.25, 0.3) is 0 Å². The van der Waals surface area contributed by atoms with Crippen LogP contribution in [0.2, 0.25) is 0 Å². The first-order chi connectivity index (χ1) is 4.70. The number of nitrogens with zero attached hydrogens (tertiary/aromatic N) is 1. The Hall–Kier alpha value is -0.785. The minimum Gasteiger partial charge on any atom is -0.262 e. The van der Waals surface area contributed by atoms with Gasteiger partial charge in [-0.2, -0.15) is 0 Å². The predicted molar refractivity (Wildman–Crippen MR) is 43.7 cm³/mol. The van der Waals surface area contributed by atoms with Gasteiger partial charge in [-0.15, -0.1) is 0 Å². The van der Waals surface area contributed by atoms with Crippen molar-refractivity contribution in [3.8, 4) is 0 Å². The molecule has 0 saturated carbocycles. The van der Waals surface area contributed by atoms with Crippen LogP contribution in [0.25, 0.3) is 0 Å². The lowest BCUT2D eigenvalue weighted by molar-refractivity contribution is 0.824. The Morgan fingerprint density at radius 2 is 2.10 bits per heavy atom. The third kappa shape index (κ3) is 1.60. The van der Waals surface area contributed by atoms with Gasteiger partial charge in [0.05, 0.1) is 0 Å². The number of hydrogen-bond donors (Lipinski definition) is 0. The van der Waals surface area contributed by atoms with Gasteiger partial charge in [-0.3, -0.25) is 4.98 Å².